The minimum atomic E-state index is -0.498. The molecule has 1 aliphatic rings. The lowest BCUT2D eigenvalue weighted by Crippen LogP contribution is -2.35. The molecule has 27 heavy (non-hydrogen) atoms. The highest BCUT2D eigenvalue weighted by Crippen LogP contribution is 2.30. The minimum Gasteiger partial charge on any atom is -0.452 e. The lowest BCUT2D eigenvalue weighted by Gasteiger charge is -2.21. The summed E-state index contributed by atoms with van der Waals surface area (Å²) in [4.78, 5) is 27.5. The molecular formula is C20H19FN2O3S. The van der Waals surface area contributed by atoms with Crippen molar-refractivity contribution in [2.45, 2.75) is 32.1 Å². The molecule has 7 heteroatoms. The van der Waals surface area contributed by atoms with Gasteiger partial charge in [-0.15, -0.1) is 11.3 Å². The predicted octanol–water partition coefficient (Wildman–Crippen LogP) is 3.87. The average Bonchev–Trinajstić information content (AvgIpc) is 3.12. The van der Waals surface area contributed by atoms with Gasteiger partial charge in [0.1, 0.15) is 5.82 Å². The van der Waals surface area contributed by atoms with Gasteiger partial charge in [-0.3, -0.25) is 4.79 Å². The summed E-state index contributed by atoms with van der Waals surface area (Å²) in [6, 6.07) is 7.38. The summed E-state index contributed by atoms with van der Waals surface area (Å²) in [7, 11) is 0. The number of anilines is 1. The summed E-state index contributed by atoms with van der Waals surface area (Å²) in [5.41, 5.74) is 2.05. The number of rotatable bonds is 6. The van der Waals surface area contributed by atoms with E-state index in [4.69, 9.17) is 10.00 Å². The zero-order chi connectivity index (χ0) is 19.2. The molecule has 0 saturated carbocycles. The largest absolute Gasteiger partial charge is 0.452 e. The van der Waals surface area contributed by atoms with E-state index in [1.165, 1.54) is 34.0 Å². The number of hydrogen-bond donors (Lipinski definition) is 0. The van der Waals surface area contributed by atoms with Gasteiger partial charge < -0.3 is 9.64 Å². The number of carbonyl (C=O) groups excluding carboxylic acids is 2. The van der Waals surface area contributed by atoms with E-state index in [1.807, 2.05) is 6.07 Å². The maximum atomic E-state index is 13.1. The van der Waals surface area contributed by atoms with Crippen LogP contribution < -0.4 is 4.90 Å². The van der Waals surface area contributed by atoms with Crippen molar-refractivity contribution in [2.75, 3.05) is 18.1 Å². The fourth-order valence-corrected chi connectivity index (χ4v) is 4.24. The number of thiophene rings is 1. The highest BCUT2D eigenvalue weighted by Gasteiger charge is 2.23. The Morgan fingerprint density at radius 1 is 1.22 bits per heavy atom. The molecule has 0 unspecified atom stereocenters. The Hall–Kier alpha value is -2.72. The Labute approximate surface area is 161 Å². The van der Waals surface area contributed by atoms with Crippen molar-refractivity contribution in [3.8, 4) is 6.07 Å². The van der Waals surface area contributed by atoms with Gasteiger partial charge in [0.25, 0.3) is 5.91 Å². The average molecular weight is 386 g/mol. The molecule has 1 aromatic heterocycles. The topological polar surface area (TPSA) is 70.4 Å². The second kappa shape index (κ2) is 8.78. The first-order valence-electron chi connectivity index (χ1n) is 8.79. The van der Waals surface area contributed by atoms with Crippen molar-refractivity contribution in [1.29, 1.82) is 5.26 Å². The number of ether oxygens (including phenoxy) is 1. The maximum absolute atomic E-state index is 13.1. The highest BCUT2D eigenvalue weighted by molar-refractivity contribution is 7.10. The summed E-state index contributed by atoms with van der Waals surface area (Å²) in [5, 5.41) is 10.6. The van der Waals surface area contributed by atoms with Crippen molar-refractivity contribution in [2.24, 2.45) is 0 Å². The number of amides is 1. The molecule has 1 aromatic carbocycles. The number of fused-ring (bicyclic) bond motifs is 1. The molecule has 0 saturated heterocycles. The third-order valence-electron chi connectivity index (χ3n) is 4.49. The lowest BCUT2D eigenvalue weighted by atomic mass is 9.96. The van der Waals surface area contributed by atoms with Gasteiger partial charge in [-0.2, -0.15) is 5.26 Å². The Morgan fingerprint density at radius 3 is 2.70 bits per heavy atom. The van der Waals surface area contributed by atoms with E-state index in [1.54, 1.807) is 16.7 Å². The number of halogens is 1. The molecule has 0 aliphatic heterocycles. The number of aryl methyl sites for hydroxylation is 1. The van der Waals surface area contributed by atoms with Crippen LogP contribution >= 0.6 is 11.3 Å². The van der Waals surface area contributed by atoms with Crippen LogP contribution in [0.3, 0.4) is 0 Å². The zero-order valence-electron chi connectivity index (χ0n) is 14.7. The second-order valence-corrected chi connectivity index (χ2v) is 7.23. The van der Waals surface area contributed by atoms with E-state index in [9.17, 15) is 14.0 Å². The van der Waals surface area contributed by atoms with Gasteiger partial charge in [0.05, 0.1) is 18.1 Å². The molecule has 140 valence electrons. The third kappa shape index (κ3) is 4.52. The minimum absolute atomic E-state index is 0.120. The standard InChI is InChI=1S/C20H19FN2O3S/c21-14-6-8-15(9-7-14)23(11-3-10-22)19(24)12-26-20(25)17-13-27-18-5-2-1-4-16(17)18/h6-9,13H,1-5,11-12H2. The first kappa shape index (κ1) is 19.1. The molecule has 1 heterocycles. The molecule has 0 bridgehead atoms. The summed E-state index contributed by atoms with van der Waals surface area (Å²) in [6.07, 6.45) is 4.15. The monoisotopic (exact) mass is 386 g/mol. The smallest absolute Gasteiger partial charge is 0.339 e. The van der Waals surface area contributed by atoms with Crippen LogP contribution in [0, 0.1) is 17.1 Å². The maximum Gasteiger partial charge on any atom is 0.339 e. The molecule has 3 rings (SSSR count). The van der Waals surface area contributed by atoms with Crippen LogP contribution in [0.15, 0.2) is 29.6 Å². The number of carbonyl (C=O) groups is 2. The van der Waals surface area contributed by atoms with Crippen LogP contribution in [0.1, 0.15) is 40.1 Å². The van der Waals surface area contributed by atoms with E-state index in [2.05, 4.69) is 0 Å². The number of nitrogens with zero attached hydrogens (tertiary/aromatic N) is 2. The van der Waals surface area contributed by atoms with Crippen LogP contribution in [0.2, 0.25) is 0 Å². The summed E-state index contributed by atoms with van der Waals surface area (Å²) >= 11 is 1.56. The summed E-state index contributed by atoms with van der Waals surface area (Å²) in [6.45, 7) is -0.279. The predicted molar refractivity (Wildman–Crippen MR) is 100 cm³/mol. The number of nitriles is 1. The van der Waals surface area contributed by atoms with Crippen LogP contribution in [-0.4, -0.2) is 25.0 Å². The van der Waals surface area contributed by atoms with E-state index < -0.39 is 24.3 Å². The van der Waals surface area contributed by atoms with Gasteiger partial charge in [-0.1, -0.05) is 0 Å². The van der Waals surface area contributed by atoms with Crippen molar-refractivity contribution >= 4 is 28.9 Å². The molecular weight excluding hydrogens is 367 g/mol. The van der Waals surface area contributed by atoms with Crippen LogP contribution in [0.4, 0.5) is 10.1 Å². The third-order valence-corrected chi connectivity index (χ3v) is 5.58. The molecule has 0 atom stereocenters. The normalized spacial score (nSPS) is 12.7. The van der Waals surface area contributed by atoms with Gasteiger partial charge in [0, 0.05) is 22.5 Å². The van der Waals surface area contributed by atoms with E-state index in [0.717, 1.165) is 31.2 Å². The molecule has 2 aromatic rings. The molecule has 0 spiro atoms. The van der Waals surface area contributed by atoms with Gasteiger partial charge in [0.15, 0.2) is 6.61 Å². The van der Waals surface area contributed by atoms with Gasteiger partial charge in [-0.25, -0.2) is 9.18 Å². The fraction of sp³-hybridized carbons (Fsp3) is 0.350. The molecule has 0 fully saturated rings. The van der Waals surface area contributed by atoms with E-state index >= 15 is 0 Å². The molecule has 0 N–H and O–H groups in total. The Bertz CT molecular complexity index is 870. The first-order valence-corrected chi connectivity index (χ1v) is 9.67. The van der Waals surface area contributed by atoms with Crippen molar-refractivity contribution in [1.82, 2.24) is 0 Å². The fourth-order valence-electron chi connectivity index (χ4n) is 3.13. The van der Waals surface area contributed by atoms with Crippen molar-refractivity contribution in [3.63, 3.8) is 0 Å². The summed E-state index contributed by atoms with van der Waals surface area (Å²) in [5.74, 6) is -1.36. The highest BCUT2D eigenvalue weighted by atomic mass is 32.1. The molecule has 1 aliphatic carbocycles. The SMILES string of the molecule is N#CCCN(C(=O)COC(=O)c1csc2c1CCCC2)c1ccc(F)cc1. The molecule has 0 radical (unpaired) electrons. The lowest BCUT2D eigenvalue weighted by molar-refractivity contribution is -0.121. The van der Waals surface area contributed by atoms with Gasteiger partial charge in [0.2, 0.25) is 0 Å². The first-order chi connectivity index (χ1) is 13.1. The quantitative estimate of drug-likeness (QED) is 0.707. The second-order valence-electron chi connectivity index (χ2n) is 6.26. The number of benzene rings is 1. The number of esters is 1. The van der Waals surface area contributed by atoms with Crippen LogP contribution in [-0.2, 0) is 22.4 Å². The Balaban J connectivity index is 1.66. The molecule has 5 nitrogen and oxygen atoms in total. The van der Waals surface area contributed by atoms with Crippen molar-refractivity contribution < 1.29 is 18.7 Å². The van der Waals surface area contributed by atoms with Crippen LogP contribution in [0.5, 0.6) is 0 Å². The van der Waals surface area contributed by atoms with Gasteiger partial charge in [-0.05, 0) is 55.5 Å². The van der Waals surface area contributed by atoms with Crippen LogP contribution in [0.25, 0.3) is 0 Å². The Morgan fingerprint density at radius 2 is 1.96 bits per heavy atom. The molecule has 1 amide bonds. The van der Waals surface area contributed by atoms with Gasteiger partial charge >= 0.3 is 5.97 Å². The zero-order valence-corrected chi connectivity index (χ0v) is 15.6. The van der Waals surface area contributed by atoms with E-state index in [-0.39, 0.29) is 13.0 Å². The Kier molecular flexibility index (Phi) is 6.20. The van der Waals surface area contributed by atoms with E-state index in [0.29, 0.717) is 11.3 Å². The van der Waals surface area contributed by atoms with Crippen molar-refractivity contribution in [3.05, 3.63) is 51.5 Å². The number of hydrogen-bond acceptors (Lipinski definition) is 5. The summed E-state index contributed by atoms with van der Waals surface area (Å²) < 4.78 is 18.4.